The number of pyridine rings is 1. The van der Waals surface area contributed by atoms with Crippen LogP contribution in [-0.2, 0) is 16.1 Å². The Hall–Kier alpha value is -4.31. The Morgan fingerprint density at radius 2 is 1.82 bits per heavy atom. The second kappa shape index (κ2) is 11.2. The first-order valence-electron chi connectivity index (χ1n) is 12.7. The molecule has 202 valence electrons. The molecule has 0 unspecified atom stereocenters. The van der Waals surface area contributed by atoms with E-state index in [-0.39, 0.29) is 30.5 Å². The Morgan fingerprint density at radius 1 is 1.05 bits per heavy atom. The molecule has 1 spiro atoms. The van der Waals surface area contributed by atoms with Gasteiger partial charge in [0, 0.05) is 56.0 Å². The van der Waals surface area contributed by atoms with E-state index in [9.17, 15) is 18.8 Å². The summed E-state index contributed by atoms with van der Waals surface area (Å²) in [5.41, 5.74) is 0.499. The third kappa shape index (κ3) is 5.46. The van der Waals surface area contributed by atoms with Crippen LogP contribution in [0.1, 0.15) is 39.1 Å². The summed E-state index contributed by atoms with van der Waals surface area (Å²) < 4.78 is 25.0. The van der Waals surface area contributed by atoms with Crippen molar-refractivity contribution < 1.29 is 28.2 Å². The summed E-state index contributed by atoms with van der Waals surface area (Å²) in [6.07, 6.45) is 3.95. The Kier molecular flexibility index (Phi) is 7.56. The van der Waals surface area contributed by atoms with Gasteiger partial charge in [0.2, 0.25) is 5.91 Å². The van der Waals surface area contributed by atoms with Crippen molar-refractivity contribution in [3.8, 4) is 5.75 Å². The summed E-state index contributed by atoms with van der Waals surface area (Å²) in [7, 11) is 1.54. The molecule has 2 fully saturated rings. The lowest BCUT2D eigenvalue weighted by Crippen LogP contribution is -2.59. The quantitative estimate of drug-likeness (QED) is 0.524. The number of carbonyl (C=O) groups excluding carboxylic acids is 3. The molecular weight excluding hydrogens is 503 g/mol. The zero-order chi connectivity index (χ0) is 27.4. The number of nitrogens with one attached hydrogen (secondary N) is 1. The topological polar surface area (TPSA) is 101 Å². The van der Waals surface area contributed by atoms with Crippen LogP contribution in [0.5, 0.6) is 5.75 Å². The number of aromatic nitrogens is 1. The Bertz CT molecular complexity index is 1340. The molecule has 10 heteroatoms. The molecule has 2 aliphatic heterocycles. The maximum absolute atomic E-state index is 13.8. The first-order chi connectivity index (χ1) is 18.9. The molecule has 3 amide bonds. The number of ether oxygens (including phenoxy) is 2. The molecule has 3 heterocycles. The van der Waals surface area contributed by atoms with Gasteiger partial charge in [-0.2, -0.15) is 0 Å². The van der Waals surface area contributed by atoms with Crippen LogP contribution in [0.25, 0.3) is 0 Å². The van der Waals surface area contributed by atoms with Gasteiger partial charge in [0.25, 0.3) is 11.8 Å². The summed E-state index contributed by atoms with van der Waals surface area (Å²) in [5.74, 6) is -0.815. The molecule has 1 N–H and O–H groups in total. The van der Waals surface area contributed by atoms with Crippen molar-refractivity contribution >= 4 is 17.7 Å². The maximum Gasteiger partial charge on any atom is 0.256 e. The van der Waals surface area contributed by atoms with Crippen LogP contribution in [0.4, 0.5) is 4.39 Å². The first-order valence-corrected chi connectivity index (χ1v) is 12.7. The van der Waals surface area contributed by atoms with Gasteiger partial charge in [0.1, 0.15) is 23.3 Å². The molecule has 0 aliphatic carbocycles. The Balaban J connectivity index is 1.35. The summed E-state index contributed by atoms with van der Waals surface area (Å²) in [6, 6.07) is 14.9. The molecule has 0 radical (unpaired) electrons. The number of benzene rings is 2. The zero-order valence-electron chi connectivity index (χ0n) is 21.5. The molecule has 39 heavy (non-hydrogen) atoms. The molecule has 5 rings (SSSR count). The highest BCUT2D eigenvalue weighted by molar-refractivity contribution is 5.98. The van der Waals surface area contributed by atoms with E-state index in [2.05, 4.69) is 10.3 Å². The number of hydrogen-bond donors (Lipinski definition) is 1. The molecule has 2 aliphatic rings. The number of piperidine rings is 1. The molecule has 0 bridgehead atoms. The summed E-state index contributed by atoms with van der Waals surface area (Å²) in [4.78, 5) is 47.5. The highest BCUT2D eigenvalue weighted by Gasteiger charge is 2.54. The SMILES string of the molecule is COc1cccc(C(=O)N2CCC3(CC2)OC[C@H](C(=O)NCc2cccnc2)N3C(=O)c2ccc(F)cc2)c1. The fourth-order valence-corrected chi connectivity index (χ4v) is 5.11. The number of methoxy groups -OCH3 is 1. The highest BCUT2D eigenvalue weighted by atomic mass is 19.1. The Labute approximate surface area is 225 Å². The van der Waals surface area contributed by atoms with Crippen LogP contribution in [0.3, 0.4) is 0 Å². The predicted molar refractivity (Wildman–Crippen MR) is 139 cm³/mol. The van der Waals surface area contributed by atoms with Crippen LogP contribution in [0.15, 0.2) is 73.1 Å². The van der Waals surface area contributed by atoms with E-state index in [0.29, 0.717) is 37.2 Å². The average Bonchev–Trinajstić information content (AvgIpc) is 3.35. The van der Waals surface area contributed by atoms with Gasteiger partial charge < -0.3 is 19.7 Å². The van der Waals surface area contributed by atoms with E-state index in [1.54, 1.807) is 54.7 Å². The van der Waals surface area contributed by atoms with E-state index in [1.165, 1.54) is 29.2 Å². The van der Waals surface area contributed by atoms with Gasteiger partial charge in [-0.3, -0.25) is 24.3 Å². The van der Waals surface area contributed by atoms with Crippen LogP contribution < -0.4 is 10.1 Å². The lowest BCUT2D eigenvalue weighted by atomic mass is 9.96. The molecule has 0 saturated carbocycles. The first kappa shape index (κ1) is 26.3. The van der Waals surface area contributed by atoms with Crippen molar-refractivity contribution in [1.29, 1.82) is 0 Å². The Morgan fingerprint density at radius 3 is 2.51 bits per heavy atom. The molecular formula is C29H29FN4O5. The van der Waals surface area contributed by atoms with Crippen molar-refractivity contribution in [2.45, 2.75) is 31.2 Å². The van der Waals surface area contributed by atoms with Crippen LogP contribution in [-0.4, -0.2) is 71.1 Å². The van der Waals surface area contributed by atoms with E-state index in [1.807, 2.05) is 6.07 Å². The number of amides is 3. The second-order valence-electron chi connectivity index (χ2n) is 9.56. The third-order valence-electron chi connectivity index (χ3n) is 7.21. The summed E-state index contributed by atoms with van der Waals surface area (Å²) in [5, 5.41) is 2.88. The van der Waals surface area contributed by atoms with Crippen LogP contribution in [0, 0.1) is 5.82 Å². The molecule has 2 saturated heterocycles. The fraction of sp³-hybridized carbons (Fsp3) is 0.310. The standard InChI is InChI=1S/C29H29FN4O5/c1-38-24-6-2-5-22(16-24)27(36)33-14-11-29(12-15-33)34(28(37)21-7-9-23(30)10-8-21)25(19-39-29)26(35)32-18-20-4-3-13-31-17-20/h2-10,13,16-17,25H,11-12,14-15,18-19H2,1H3,(H,32,35)/t25-/m1/s1. The van der Waals surface area contributed by atoms with Gasteiger partial charge >= 0.3 is 0 Å². The monoisotopic (exact) mass is 532 g/mol. The second-order valence-corrected chi connectivity index (χ2v) is 9.56. The van der Waals surface area contributed by atoms with E-state index < -0.39 is 23.5 Å². The number of halogens is 1. The predicted octanol–water partition coefficient (Wildman–Crippen LogP) is 3.02. The number of carbonyl (C=O) groups is 3. The third-order valence-corrected chi connectivity index (χ3v) is 7.21. The molecule has 1 atom stereocenters. The van der Waals surface area contributed by atoms with E-state index >= 15 is 0 Å². The lowest BCUT2D eigenvalue weighted by Gasteiger charge is -2.44. The lowest BCUT2D eigenvalue weighted by molar-refractivity contribution is -0.128. The molecule has 3 aromatic rings. The average molecular weight is 533 g/mol. The van der Waals surface area contributed by atoms with Gasteiger partial charge in [0.15, 0.2) is 0 Å². The zero-order valence-corrected chi connectivity index (χ0v) is 21.5. The van der Waals surface area contributed by atoms with Gasteiger partial charge in [-0.05, 0) is 54.1 Å². The van der Waals surface area contributed by atoms with E-state index in [0.717, 1.165) is 5.56 Å². The van der Waals surface area contributed by atoms with Gasteiger partial charge in [-0.25, -0.2) is 4.39 Å². The number of nitrogens with zero attached hydrogens (tertiary/aromatic N) is 3. The van der Waals surface area contributed by atoms with Gasteiger partial charge in [-0.1, -0.05) is 12.1 Å². The largest absolute Gasteiger partial charge is 0.497 e. The van der Waals surface area contributed by atoms with E-state index in [4.69, 9.17) is 9.47 Å². The number of likely N-dealkylation sites (tertiary alicyclic amines) is 1. The number of hydrogen-bond acceptors (Lipinski definition) is 6. The van der Waals surface area contributed by atoms with Crippen molar-refractivity contribution in [3.05, 3.63) is 95.6 Å². The van der Waals surface area contributed by atoms with Gasteiger partial charge in [-0.15, -0.1) is 0 Å². The van der Waals surface area contributed by atoms with Gasteiger partial charge in [0.05, 0.1) is 13.7 Å². The maximum atomic E-state index is 13.8. The summed E-state index contributed by atoms with van der Waals surface area (Å²) in [6.45, 7) is 0.910. The number of rotatable bonds is 6. The van der Waals surface area contributed by atoms with Crippen molar-refractivity contribution in [2.24, 2.45) is 0 Å². The van der Waals surface area contributed by atoms with Crippen molar-refractivity contribution in [3.63, 3.8) is 0 Å². The summed E-state index contributed by atoms with van der Waals surface area (Å²) >= 11 is 0. The fourth-order valence-electron chi connectivity index (χ4n) is 5.11. The van der Waals surface area contributed by atoms with Crippen LogP contribution in [0.2, 0.25) is 0 Å². The molecule has 9 nitrogen and oxygen atoms in total. The molecule has 1 aromatic heterocycles. The minimum absolute atomic E-state index is 0.00956. The minimum atomic E-state index is -1.08. The smallest absolute Gasteiger partial charge is 0.256 e. The normalized spacial score (nSPS) is 18.2. The minimum Gasteiger partial charge on any atom is -0.497 e. The van der Waals surface area contributed by atoms with Crippen LogP contribution >= 0.6 is 0 Å². The molecule has 2 aromatic carbocycles. The highest BCUT2D eigenvalue weighted by Crippen LogP contribution is 2.39. The van der Waals surface area contributed by atoms with Crippen molar-refractivity contribution in [2.75, 3.05) is 26.8 Å². The van der Waals surface area contributed by atoms with Crippen molar-refractivity contribution in [1.82, 2.24) is 20.1 Å².